The van der Waals surface area contributed by atoms with Crippen molar-refractivity contribution in [2.45, 2.75) is 19.9 Å². The third-order valence-electron chi connectivity index (χ3n) is 4.14. The number of carbonyl (C=O) groups excluding carboxylic acids is 1. The van der Waals surface area contributed by atoms with Crippen LogP contribution in [0.15, 0.2) is 60.8 Å². The molecule has 0 amide bonds. The van der Waals surface area contributed by atoms with Gasteiger partial charge >= 0.3 is 0 Å². The van der Waals surface area contributed by atoms with E-state index in [1.807, 2.05) is 60.8 Å². The third-order valence-corrected chi connectivity index (χ3v) is 4.14. The predicted octanol–water partition coefficient (Wildman–Crippen LogP) is 3.31. The topological polar surface area (TPSA) is 49.5 Å². The number of benzene rings is 2. The van der Waals surface area contributed by atoms with Gasteiger partial charge in [0, 0.05) is 34.1 Å². The minimum atomic E-state index is -0.196. The van der Waals surface area contributed by atoms with E-state index in [1.165, 1.54) is 0 Å². The molecule has 0 fully saturated rings. The molecular formula is C20H23N2O+. The monoisotopic (exact) mass is 307 g/mol. The first-order chi connectivity index (χ1) is 11.2. The van der Waals surface area contributed by atoms with Crippen molar-refractivity contribution in [3.05, 3.63) is 71.9 Å². The van der Waals surface area contributed by atoms with Crippen LogP contribution < -0.4 is 5.32 Å². The van der Waals surface area contributed by atoms with Crippen LogP contribution in [0.5, 0.6) is 0 Å². The van der Waals surface area contributed by atoms with Crippen LogP contribution in [-0.2, 0) is 0 Å². The van der Waals surface area contributed by atoms with Gasteiger partial charge in [-0.3, -0.25) is 4.79 Å². The van der Waals surface area contributed by atoms with Crippen molar-refractivity contribution in [3.8, 4) is 0 Å². The average molecular weight is 307 g/mol. The lowest BCUT2D eigenvalue weighted by molar-refractivity contribution is -0.686. The summed E-state index contributed by atoms with van der Waals surface area (Å²) in [7, 11) is 0. The van der Waals surface area contributed by atoms with Gasteiger partial charge in [-0.15, -0.1) is 0 Å². The van der Waals surface area contributed by atoms with Crippen molar-refractivity contribution in [1.29, 1.82) is 0 Å². The van der Waals surface area contributed by atoms with E-state index in [4.69, 9.17) is 0 Å². The number of ketones is 1. The van der Waals surface area contributed by atoms with E-state index in [1.54, 1.807) is 0 Å². The summed E-state index contributed by atoms with van der Waals surface area (Å²) in [5.41, 5.74) is 2.84. The van der Waals surface area contributed by atoms with Crippen LogP contribution in [0.3, 0.4) is 0 Å². The molecule has 0 saturated heterocycles. The maximum absolute atomic E-state index is 13.2. The highest BCUT2D eigenvalue weighted by atomic mass is 16.1. The van der Waals surface area contributed by atoms with Crippen LogP contribution in [0.1, 0.15) is 35.8 Å². The SMILES string of the molecule is CC(C)C[NH2+][C@H](C(=O)c1c[nH]c2ccccc12)c1ccccc1. The zero-order chi connectivity index (χ0) is 16.2. The van der Waals surface area contributed by atoms with E-state index in [-0.39, 0.29) is 11.8 Å². The van der Waals surface area contributed by atoms with Crippen molar-refractivity contribution >= 4 is 16.7 Å². The summed E-state index contributed by atoms with van der Waals surface area (Å²) < 4.78 is 0. The van der Waals surface area contributed by atoms with Gasteiger partial charge in [-0.2, -0.15) is 0 Å². The summed E-state index contributed by atoms with van der Waals surface area (Å²) in [6, 6.07) is 17.8. The molecule has 3 rings (SSSR count). The highest BCUT2D eigenvalue weighted by Crippen LogP contribution is 2.22. The number of Topliss-reactive ketones (excluding diaryl/α,β-unsaturated/α-hetero) is 1. The summed E-state index contributed by atoms with van der Waals surface area (Å²) in [6.07, 6.45) is 1.84. The second-order valence-electron chi connectivity index (χ2n) is 6.37. The Morgan fingerprint density at radius 1 is 1.04 bits per heavy atom. The Kier molecular flexibility index (Phi) is 4.58. The number of H-pyrrole nitrogens is 1. The second kappa shape index (κ2) is 6.80. The molecule has 0 aliphatic heterocycles. The zero-order valence-electron chi connectivity index (χ0n) is 13.6. The smallest absolute Gasteiger partial charge is 0.226 e. The zero-order valence-corrected chi connectivity index (χ0v) is 13.6. The Bertz CT molecular complexity index is 790. The molecule has 1 atom stereocenters. The fourth-order valence-corrected chi connectivity index (χ4v) is 2.91. The quantitative estimate of drug-likeness (QED) is 0.674. The molecule has 2 aromatic carbocycles. The van der Waals surface area contributed by atoms with E-state index in [2.05, 4.69) is 24.1 Å². The van der Waals surface area contributed by atoms with Gasteiger partial charge in [-0.1, -0.05) is 62.4 Å². The van der Waals surface area contributed by atoms with Crippen LogP contribution in [0.4, 0.5) is 0 Å². The minimum absolute atomic E-state index is 0.161. The Morgan fingerprint density at radius 3 is 2.48 bits per heavy atom. The highest BCUT2D eigenvalue weighted by Gasteiger charge is 2.27. The number of aromatic nitrogens is 1. The minimum Gasteiger partial charge on any atom is -0.360 e. The van der Waals surface area contributed by atoms with E-state index >= 15 is 0 Å². The summed E-state index contributed by atoms with van der Waals surface area (Å²) >= 11 is 0. The molecule has 3 aromatic rings. The lowest BCUT2D eigenvalue weighted by atomic mass is 9.96. The lowest BCUT2D eigenvalue weighted by Gasteiger charge is -2.16. The molecule has 0 aliphatic rings. The van der Waals surface area contributed by atoms with Gasteiger partial charge in [0.05, 0.1) is 6.54 Å². The van der Waals surface area contributed by atoms with Gasteiger partial charge < -0.3 is 10.3 Å². The average Bonchev–Trinajstić information content (AvgIpc) is 2.99. The normalized spacial score (nSPS) is 12.7. The van der Waals surface area contributed by atoms with Crippen molar-refractivity contribution < 1.29 is 10.1 Å². The largest absolute Gasteiger partial charge is 0.360 e. The summed E-state index contributed by atoms with van der Waals surface area (Å²) in [4.78, 5) is 16.4. The van der Waals surface area contributed by atoms with E-state index in [0.717, 1.165) is 28.6 Å². The second-order valence-corrected chi connectivity index (χ2v) is 6.37. The molecule has 1 heterocycles. The number of para-hydroxylation sites is 1. The van der Waals surface area contributed by atoms with Crippen LogP contribution in [0.25, 0.3) is 10.9 Å². The van der Waals surface area contributed by atoms with Crippen molar-refractivity contribution in [1.82, 2.24) is 4.98 Å². The standard InChI is InChI=1S/C20H22N2O/c1-14(2)12-22-19(15-8-4-3-5-9-15)20(23)17-13-21-18-11-7-6-10-16(17)18/h3-11,13-14,19,21-22H,12H2,1-2H3/p+1/t19-/m0/s1. The molecule has 0 radical (unpaired) electrons. The Labute approximate surface area is 136 Å². The van der Waals surface area contributed by atoms with Gasteiger partial charge in [0.1, 0.15) is 0 Å². The number of hydrogen-bond donors (Lipinski definition) is 2. The van der Waals surface area contributed by atoms with Crippen LogP contribution in [0.2, 0.25) is 0 Å². The van der Waals surface area contributed by atoms with Gasteiger partial charge in [0.2, 0.25) is 5.78 Å². The maximum atomic E-state index is 13.2. The van der Waals surface area contributed by atoms with E-state index in [0.29, 0.717) is 5.92 Å². The van der Waals surface area contributed by atoms with E-state index in [9.17, 15) is 4.79 Å². The molecule has 1 aromatic heterocycles. The Balaban J connectivity index is 1.97. The van der Waals surface area contributed by atoms with E-state index < -0.39 is 0 Å². The first-order valence-electron chi connectivity index (χ1n) is 8.15. The number of nitrogens with one attached hydrogen (secondary N) is 1. The number of hydrogen-bond acceptors (Lipinski definition) is 1. The highest BCUT2D eigenvalue weighted by molar-refractivity contribution is 6.09. The molecule has 0 saturated carbocycles. The van der Waals surface area contributed by atoms with Gasteiger partial charge in [0.15, 0.2) is 6.04 Å². The van der Waals surface area contributed by atoms with Gasteiger partial charge in [-0.25, -0.2) is 0 Å². The molecule has 23 heavy (non-hydrogen) atoms. The maximum Gasteiger partial charge on any atom is 0.226 e. The molecule has 3 heteroatoms. The molecule has 3 N–H and O–H groups in total. The van der Waals surface area contributed by atoms with Crippen molar-refractivity contribution in [3.63, 3.8) is 0 Å². The molecule has 0 bridgehead atoms. The first-order valence-corrected chi connectivity index (χ1v) is 8.15. The molecule has 0 spiro atoms. The molecular weight excluding hydrogens is 284 g/mol. The van der Waals surface area contributed by atoms with Crippen LogP contribution in [-0.4, -0.2) is 17.3 Å². The third kappa shape index (κ3) is 3.35. The first kappa shape index (κ1) is 15.5. The van der Waals surface area contributed by atoms with Crippen LogP contribution in [0, 0.1) is 5.92 Å². The summed E-state index contributed by atoms with van der Waals surface area (Å²) in [5, 5.41) is 3.15. The van der Waals surface area contributed by atoms with Gasteiger partial charge in [-0.05, 0) is 6.07 Å². The fourth-order valence-electron chi connectivity index (χ4n) is 2.91. The lowest BCUT2D eigenvalue weighted by Crippen LogP contribution is -2.87. The molecule has 0 aliphatic carbocycles. The molecule has 3 nitrogen and oxygen atoms in total. The van der Waals surface area contributed by atoms with Crippen LogP contribution >= 0.6 is 0 Å². The fraction of sp³-hybridized carbons (Fsp3) is 0.250. The Morgan fingerprint density at radius 2 is 1.74 bits per heavy atom. The molecule has 0 unspecified atom stereocenters. The number of aromatic amines is 1. The van der Waals surface area contributed by atoms with Gasteiger partial charge in [0.25, 0.3) is 0 Å². The summed E-state index contributed by atoms with van der Waals surface area (Å²) in [6.45, 7) is 5.27. The number of fused-ring (bicyclic) bond motifs is 1. The molecule has 118 valence electrons. The van der Waals surface area contributed by atoms with Crippen molar-refractivity contribution in [2.75, 3.05) is 6.54 Å². The van der Waals surface area contributed by atoms with Crippen molar-refractivity contribution in [2.24, 2.45) is 5.92 Å². The predicted molar refractivity (Wildman–Crippen MR) is 93.4 cm³/mol. The number of carbonyl (C=O) groups is 1. The summed E-state index contributed by atoms with van der Waals surface area (Å²) in [5.74, 6) is 0.700. The Hall–Kier alpha value is -2.39. The number of nitrogens with two attached hydrogens (primary N) is 1. The number of quaternary nitrogens is 1. The number of rotatable bonds is 6.